The number of amides is 1. The molecule has 1 rings (SSSR count). The van der Waals surface area contributed by atoms with E-state index >= 15 is 0 Å². The van der Waals surface area contributed by atoms with Crippen LogP contribution in [0.25, 0.3) is 0 Å². The number of benzene rings is 1. The van der Waals surface area contributed by atoms with Gasteiger partial charge in [0.05, 0.1) is 10.7 Å². The number of halogens is 1. The average molecular weight is 287 g/mol. The molecule has 0 atom stereocenters. The average Bonchev–Trinajstić information content (AvgIpc) is 2.32. The topological polar surface area (TPSA) is 55.1 Å². The molecule has 0 heterocycles. The zero-order chi connectivity index (χ0) is 13.4. The predicted octanol–water partition coefficient (Wildman–Crippen LogP) is 3.78. The Morgan fingerprint density at radius 1 is 1.44 bits per heavy atom. The van der Waals surface area contributed by atoms with Crippen molar-refractivity contribution in [2.75, 3.05) is 22.6 Å². The number of hydrogen-bond acceptors (Lipinski definition) is 3. The van der Waals surface area contributed by atoms with Crippen LogP contribution < -0.4 is 11.1 Å². The molecule has 0 saturated heterocycles. The largest absolute Gasteiger partial charge is 0.399 e. The summed E-state index contributed by atoms with van der Waals surface area (Å²) >= 11 is 7.86. The van der Waals surface area contributed by atoms with Crippen LogP contribution in [0.5, 0.6) is 0 Å². The zero-order valence-electron chi connectivity index (χ0n) is 10.5. The maximum atomic E-state index is 11.7. The summed E-state index contributed by atoms with van der Waals surface area (Å²) in [6, 6.07) is 5.08. The highest BCUT2D eigenvalue weighted by Gasteiger charge is 2.05. The molecule has 3 N–H and O–H groups in total. The van der Waals surface area contributed by atoms with Gasteiger partial charge in [-0.2, -0.15) is 11.8 Å². The fourth-order valence-corrected chi connectivity index (χ4v) is 2.50. The molecule has 0 saturated carbocycles. The lowest BCUT2D eigenvalue weighted by Crippen LogP contribution is -2.12. The van der Waals surface area contributed by atoms with Crippen molar-refractivity contribution in [2.24, 2.45) is 0 Å². The number of hydrogen-bond donors (Lipinski definition) is 2. The molecule has 1 aromatic carbocycles. The van der Waals surface area contributed by atoms with Gasteiger partial charge in [0.2, 0.25) is 5.91 Å². The van der Waals surface area contributed by atoms with E-state index in [9.17, 15) is 4.79 Å². The Morgan fingerprint density at radius 2 is 2.22 bits per heavy atom. The molecular weight excluding hydrogens is 268 g/mol. The van der Waals surface area contributed by atoms with Gasteiger partial charge in [0, 0.05) is 12.1 Å². The van der Waals surface area contributed by atoms with Crippen LogP contribution >= 0.6 is 23.4 Å². The quantitative estimate of drug-likeness (QED) is 0.592. The molecule has 1 amide bonds. The van der Waals surface area contributed by atoms with E-state index in [0.29, 0.717) is 22.8 Å². The predicted molar refractivity (Wildman–Crippen MR) is 81.3 cm³/mol. The Bertz CT molecular complexity index is 399. The van der Waals surface area contributed by atoms with E-state index in [1.807, 2.05) is 11.8 Å². The van der Waals surface area contributed by atoms with Crippen molar-refractivity contribution in [1.82, 2.24) is 0 Å². The summed E-state index contributed by atoms with van der Waals surface area (Å²) in [6.45, 7) is 2.16. The maximum absolute atomic E-state index is 11.7. The molecule has 0 unspecified atom stereocenters. The van der Waals surface area contributed by atoms with E-state index < -0.39 is 0 Å². The molecule has 100 valence electrons. The van der Waals surface area contributed by atoms with Gasteiger partial charge < -0.3 is 11.1 Å². The van der Waals surface area contributed by atoms with Crippen molar-refractivity contribution in [3.63, 3.8) is 0 Å². The van der Waals surface area contributed by atoms with Crippen LogP contribution in [0.3, 0.4) is 0 Å². The lowest BCUT2D eigenvalue weighted by Gasteiger charge is -2.07. The highest BCUT2D eigenvalue weighted by Crippen LogP contribution is 2.24. The number of rotatable bonds is 7. The summed E-state index contributed by atoms with van der Waals surface area (Å²) in [5.74, 6) is 2.18. The van der Waals surface area contributed by atoms with Crippen molar-refractivity contribution >= 4 is 40.6 Å². The van der Waals surface area contributed by atoms with Gasteiger partial charge in [-0.3, -0.25) is 4.79 Å². The minimum absolute atomic E-state index is 0.00114. The summed E-state index contributed by atoms with van der Waals surface area (Å²) < 4.78 is 0. The van der Waals surface area contributed by atoms with Crippen LogP contribution in [0.4, 0.5) is 11.4 Å². The fourth-order valence-electron chi connectivity index (χ4n) is 1.43. The Morgan fingerprint density at radius 3 is 2.89 bits per heavy atom. The van der Waals surface area contributed by atoms with Gasteiger partial charge in [0.15, 0.2) is 0 Å². The molecule has 0 aromatic heterocycles. The van der Waals surface area contributed by atoms with Gasteiger partial charge in [-0.15, -0.1) is 0 Å². The number of nitrogens with one attached hydrogen (secondary N) is 1. The summed E-state index contributed by atoms with van der Waals surface area (Å²) in [4.78, 5) is 11.7. The molecule has 5 heteroatoms. The molecular formula is C13H19ClN2OS. The third-order valence-corrected chi connectivity index (χ3v) is 3.90. The molecule has 0 bridgehead atoms. The molecule has 0 aliphatic heterocycles. The van der Waals surface area contributed by atoms with Crippen molar-refractivity contribution in [2.45, 2.75) is 26.2 Å². The van der Waals surface area contributed by atoms with Crippen LogP contribution in [0.1, 0.15) is 26.2 Å². The standard InChI is InChI=1S/C13H19ClN2OS/c1-2-7-18-8-3-4-13(17)16-12-6-5-10(15)9-11(12)14/h5-6,9H,2-4,7-8,15H2,1H3,(H,16,17). The van der Waals surface area contributed by atoms with Crippen LogP contribution in [0.2, 0.25) is 5.02 Å². The van der Waals surface area contributed by atoms with Crippen molar-refractivity contribution < 1.29 is 4.79 Å². The smallest absolute Gasteiger partial charge is 0.224 e. The maximum Gasteiger partial charge on any atom is 0.224 e. The number of anilines is 2. The second-order valence-corrected chi connectivity index (χ2v) is 5.64. The second-order valence-electron chi connectivity index (χ2n) is 4.00. The van der Waals surface area contributed by atoms with Crippen LogP contribution in [0, 0.1) is 0 Å². The molecule has 0 spiro atoms. The normalized spacial score (nSPS) is 10.3. The summed E-state index contributed by atoms with van der Waals surface area (Å²) in [6.07, 6.45) is 2.60. The fraction of sp³-hybridized carbons (Fsp3) is 0.462. The van der Waals surface area contributed by atoms with Crippen LogP contribution in [-0.4, -0.2) is 17.4 Å². The van der Waals surface area contributed by atoms with E-state index in [1.54, 1.807) is 18.2 Å². The van der Waals surface area contributed by atoms with Crippen molar-refractivity contribution in [3.05, 3.63) is 23.2 Å². The lowest BCUT2D eigenvalue weighted by atomic mass is 10.2. The molecule has 0 aliphatic rings. The zero-order valence-corrected chi connectivity index (χ0v) is 12.1. The van der Waals surface area contributed by atoms with Crippen LogP contribution in [0.15, 0.2) is 18.2 Å². The monoisotopic (exact) mass is 286 g/mol. The van der Waals surface area contributed by atoms with Gasteiger partial charge in [-0.25, -0.2) is 0 Å². The van der Waals surface area contributed by atoms with E-state index in [4.69, 9.17) is 17.3 Å². The molecule has 0 aliphatic carbocycles. The number of carbonyl (C=O) groups excluding carboxylic acids is 1. The third kappa shape index (κ3) is 5.65. The number of carbonyl (C=O) groups is 1. The van der Waals surface area contributed by atoms with Gasteiger partial charge in [-0.1, -0.05) is 18.5 Å². The third-order valence-electron chi connectivity index (χ3n) is 2.31. The number of nitrogens with two attached hydrogens (primary N) is 1. The molecule has 0 fully saturated rings. The van der Waals surface area contributed by atoms with Crippen molar-refractivity contribution in [1.29, 1.82) is 0 Å². The first kappa shape index (κ1) is 15.2. The first-order valence-electron chi connectivity index (χ1n) is 6.06. The SMILES string of the molecule is CCCSCCCC(=O)Nc1ccc(N)cc1Cl. The summed E-state index contributed by atoms with van der Waals surface area (Å²) in [5, 5.41) is 3.27. The van der Waals surface area contributed by atoms with E-state index in [1.165, 1.54) is 6.42 Å². The van der Waals surface area contributed by atoms with Gasteiger partial charge in [0.25, 0.3) is 0 Å². The molecule has 0 radical (unpaired) electrons. The van der Waals surface area contributed by atoms with Crippen LogP contribution in [-0.2, 0) is 4.79 Å². The Balaban J connectivity index is 2.31. The van der Waals surface area contributed by atoms with Gasteiger partial charge in [-0.05, 0) is 42.5 Å². The lowest BCUT2D eigenvalue weighted by molar-refractivity contribution is -0.116. The Kier molecular flexibility index (Phi) is 6.98. The number of thioether (sulfide) groups is 1. The highest BCUT2D eigenvalue weighted by molar-refractivity contribution is 7.99. The highest BCUT2D eigenvalue weighted by atomic mass is 35.5. The summed E-state index contributed by atoms with van der Waals surface area (Å²) in [5.41, 5.74) is 6.80. The van der Waals surface area contributed by atoms with E-state index in [0.717, 1.165) is 17.9 Å². The van der Waals surface area contributed by atoms with Crippen molar-refractivity contribution in [3.8, 4) is 0 Å². The Hall–Kier alpha value is -0.870. The second kappa shape index (κ2) is 8.27. The summed E-state index contributed by atoms with van der Waals surface area (Å²) in [7, 11) is 0. The van der Waals surface area contributed by atoms with Gasteiger partial charge >= 0.3 is 0 Å². The van der Waals surface area contributed by atoms with Gasteiger partial charge in [0.1, 0.15) is 0 Å². The van der Waals surface area contributed by atoms with E-state index in [2.05, 4.69) is 12.2 Å². The van der Waals surface area contributed by atoms with E-state index in [-0.39, 0.29) is 5.91 Å². The Labute approximate surface area is 117 Å². The molecule has 18 heavy (non-hydrogen) atoms. The minimum atomic E-state index is -0.00114. The molecule has 1 aromatic rings. The minimum Gasteiger partial charge on any atom is -0.399 e. The first-order valence-corrected chi connectivity index (χ1v) is 7.59. The number of nitrogen functional groups attached to an aromatic ring is 1. The first-order chi connectivity index (χ1) is 8.63. The molecule has 3 nitrogen and oxygen atoms in total.